The fourth-order valence-electron chi connectivity index (χ4n) is 4.25. The molecule has 2 amide bonds. The number of methoxy groups -OCH3 is 1. The first-order valence-corrected chi connectivity index (χ1v) is 12.9. The van der Waals surface area contributed by atoms with Gasteiger partial charge in [0.1, 0.15) is 5.75 Å². The molecule has 2 aromatic heterocycles. The van der Waals surface area contributed by atoms with Crippen LogP contribution in [-0.2, 0) is 30.7 Å². The van der Waals surface area contributed by atoms with E-state index < -0.39 is 0 Å². The van der Waals surface area contributed by atoms with Crippen molar-refractivity contribution < 1.29 is 14.3 Å². The molecule has 0 radical (unpaired) electrons. The number of benzene rings is 1. The summed E-state index contributed by atoms with van der Waals surface area (Å²) in [5.74, 6) is 1.12. The van der Waals surface area contributed by atoms with Crippen LogP contribution in [0.3, 0.4) is 0 Å². The van der Waals surface area contributed by atoms with Crippen LogP contribution in [0.15, 0.2) is 53.7 Å². The third kappa shape index (κ3) is 5.67. The number of thioether (sulfide) groups is 1. The molecule has 1 aromatic carbocycles. The second-order valence-corrected chi connectivity index (χ2v) is 9.93. The Bertz CT molecular complexity index is 1190. The van der Waals surface area contributed by atoms with E-state index in [1.165, 1.54) is 17.3 Å². The third-order valence-corrected chi connectivity index (χ3v) is 7.39. The van der Waals surface area contributed by atoms with Gasteiger partial charge < -0.3 is 15.0 Å². The van der Waals surface area contributed by atoms with E-state index in [4.69, 9.17) is 9.84 Å². The van der Waals surface area contributed by atoms with Crippen molar-refractivity contribution in [2.45, 2.75) is 49.7 Å². The van der Waals surface area contributed by atoms with Crippen LogP contribution in [0.25, 0.3) is 0 Å². The average molecular weight is 492 g/mol. The Morgan fingerprint density at radius 3 is 2.63 bits per heavy atom. The number of aromatic nitrogens is 3. The van der Waals surface area contributed by atoms with Gasteiger partial charge in [-0.3, -0.25) is 19.3 Å². The first-order valence-electron chi connectivity index (χ1n) is 11.9. The van der Waals surface area contributed by atoms with Crippen molar-refractivity contribution in [2.75, 3.05) is 19.4 Å². The highest BCUT2D eigenvalue weighted by Crippen LogP contribution is 2.26. The van der Waals surface area contributed by atoms with Crippen molar-refractivity contribution in [3.05, 3.63) is 71.3 Å². The smallest absolute Gasteiger partial charge is 0.272 e. The van der Waals surface area contributed by atoms with E-state index in [1.807, 2.05) is 33.8 Å². The maximum absolute atomic E-state index is 13.0. The number of hydrogen-bond acceptors (Lipinski definition) is 6. The lowest BCUT2D eigenvalue weighted by atomic mass is 10.0. The minimum atomic E-state index is -0.132. The van der Waals surface area contributed by atoms with Crippen molar-refractivity contribution in [3.8, 4) is 5.75 Å². The van der Waals surface area contributed by atoms with Crippen LogP contribution in [0.5, 0.6) is 5.75 Å². The summed E-state index contributed by atoms with van der Waals surface area (Å²) in [6, 6.07) is 12.1. The number of carbonyl (C=O) groups is 2. The van der Waals surface area contributed by atoms with Crippen LogP contribution in [0.4, 0.5) is 0 Å². The molecule has 1 N–H and O–H groups in total. The standard InChI is InChI=1S/C26H29N5O3S/c1-34-20-6-2-18(3-7-20)10-15-31-23-11-14-30(24(32)17-35-21-8-12-27-13-9-21)16-22(23)25(29-31)26(33)28-19-4-5-19/h2-3,6-9,12-13,19H,4-5,10-11,14-17H2,1H3,(H,28,33). The quantitative estimate of drug-likeness (QED) is 0.463. The van der Waals surface area contributed by atoms with Gasteiger partial charge in [0.2, 0.25) is 5.91 Å². The van der Waals surface area contributed by atoms with Crippen LogP contribution in [-0.4, -0.2) is 56.9 Å². The SMILES string of the molecule is COc1ccc(CCn2nc(C(=O)NC3CC3)c3c2CCN(C(=O)CSc2ccncc2)C3)cc1. The van der Waals surface area contributed by atoms with Gasteiger partial charge in [-0.25, -0.2) is 0 Å². The third-order valence-electron chi connectivity index (χ3n) is 6.40. The Balaban J connectivity index is 1.30. The number of carbonyl (C=O) groups excluding carboxylic acids is 2. The lowest BCUT2D eigenvalue weighted by Crippen LogP contribution is -2.38. The molecule has 1 fully saturated rings. The minimum Gasteiger partial charge on any atom is -0.497 e. The van der Waals surface area contributed by atoms with Gasteiger partial charge in [-0.2, -0.15) is 5.10 Å². The first kappa shape index (κ1) is 23.4. The lowest BCUT2D eigenvalue weighted by molar-refractivity contribution is -0.129. The molecule has 9 heteroatoms. The molecule has 1 saturated carbocycles. The molecule has 35 heavy (non-hydrogen) atoms. The Kier molecular flexibility index (Phi) is 7.03. The van der Waals surface area contributed by atoms with E-state index in [0.717, 1.165) is 41.2 Å². The van der Waals surface area contributed by atoms with Crippen molar-refractivity contribution in [2.24, 2.45) is 0 Å². The molecule has 182 valence electrons. The normalized spacial score (nSPS) is 14.9. The molecule has 5 rings (SSSR count). The second kappa shape index (κ2) is 10.5. The average Bonchev–Trinajstić information content (AvgIpc) is 3.64. The van der Waals surface area contributed by atoms with Gasteiger partial charge in [0.25, 0.3) is 5.91 Å². The summed E-state index contributed by atoms with van der Waals surface area (Å²) in [6.07, 6.45) is 6.97. The molecule has 0 bridgehead atoms. The van der Waals surface area contributed by atoms with Crippen molar-refractivity contribution in [3.63, 3.8) is 0 Å². The number of ether oxygens (including phenoxy) is 1. The van der Waals surface area contributed by atoms with Crippen LogP contribution in [0, 0.1) is 0 Å². The molecular formula is C26H29N5O3S. The topological polar surface area (TPSA) is 89.4 Å². The Morgan fingerprint density at radius 1 is 1.14 bits per heavy atom. The summed E-state index contributed by atoms with van der Waals surface area (Å²) in [5.41, 5.74) is 3.58. The maximum Gasteiger partial charge on any atom is 0.272 e. The van der Waals surface area contributed by atoms with Gasteiger partial charge >= 0.3 is 0 Å². The molecule has 1 aliphatic carbocycles. The molecule has 1 aliphatic heterocycles. The zero-order valence-corrected chi connectivity index (χ0v) is 20.6. The molecule has 0 spiro atoms. The summed E-state index contributed by atoms with van der Waals surface area (Å²) in [5, 5.41) is 7.81. The molecule has 3 heterocycles. The maximum atomic E-state index is 13.0. The van der Waals surface area contributed by atoms with Gasteiger partial charge in [-0.15, -0.1) is 11.8 Å². The van der Waals surface area contributed by atoms with Gasteiger partial charge in [-0.1, -0.05) is 12.1 Å². The van der Waals surface area contributed by atoms with Crippen LogP contribution in [0.2, 0.25) is 0 Å². The first-order chi connectivity index (χ1) is 17.1. The van der Waals surface area contributed by atoms with Crippen LogP contribution in [0.1, 0.15) is 40.2 Å². The second-order valence-electron chi connectivity index (χ2n) is 8.88. The van der Waals surface area contributed by atoms with E-state index in [-0.39, 0.29) is 17.9 Å². The molecule has 0 unspecified atom stereocenters. The molecule has 2 aliphatic rings. The van der Waals surface area contributed by atoms with Crippen molar-refractivity contribution in [1.82, 2.24) is 25.0 Å². The largest absolute Gasteiger partial charge is 0.497 e. The lowest BCUT2D eigenvalue weighted by Gasteiger charge is -2.28. The number of hydrogen-bond donors (Lipinski definition) is 1. The number of aryl methyl sites for hydroxylation is 2. The Hall–Kier alpha value is -3.33. The highest BCUT2D eigenvalue weighted by atomic mass is 32.2. The number of fused-ring (bicyclic) bond motifs is 1. The highest BCUT2D eigenvalue weighted by Gasteiger charge is 2.32. The molecular weight excluding hydrogens is 462 g/mol. The van der Waals surface area contributed by atoms with Crippen LogP contribution < -0.4 is 10.1 Å². The zero-order chi connectivity index (χ0) is 24.2. The predicted molar refractivity (Wildman–Crippen MR) is 133 cm³/mol. The molecule has 3 aromatic rings. The van der Waals surface area contributed by atoms with Gasteiger partial charge in [0.05, 0.1) is 12.9 Å². The fourth-order valence-corrected chi connectivity index (χ4v) is 5.04. The van der Waals surface area contributed by atoms with Gasteiger partial charge in [0.15, 0.2) is 5.69 Å². The summed E-state index contributed by atoms with van der Waals surface area (Å²) in [7, 11) is 1.66. The number of pyridine rings is 1. The molecule has 0 saturated heterocycles. The van der Waals surface area contributed by atoms with Gasteiger partial charge in [0, 0.05) is 60.6 Å². The minimum absolute atomic E-state index is 0.0667. The summed E-state index contributed by atoms with van der Waals surface area (Å²) < 4.78 is 7.21. The van der Waals surface area contributed by atoms with Crippen molar-refractivity contribution >= 4 is 23.6 Å². The zero-order valence-electron chi connectivity index (χ0n) is 19.8. The predicted octanol–water partition coefficient (Wildman–Crippen LogP) is 3.10. The number of rotatable bonds is 9. The molecule has 8 nitrogen and oxygen atoms in total. The van der Waals surface area contributed by atoms with Crippen molar-refractivity contribution in [1.29, 1.82) is 0 Å². The van der Waals surface area contributed by atoms with E-state index in [9.17, 15) is 9.59 Å². The summed E-state index contributed by atoms with van der Waals surface area (Å²) >= 11 is 1.50. The number of nitrogens with zero attached hydrogens (tertiary/aromatic N) is 4. The molecule has 0 atom stereocenters. The highest BCUT2D eigenvalue weighted by molar-refractivity contribution is 8.00. The van der Waals surface area contributed by atoms with E-state index in [1.54, 1.807) is 19.5 Å². The monoisotopic (exact) mass is 491 g/mol. The summed E-state index contributed by atoms with van der Waals surface area (Å²) in [6.45, 7) is 1.72. The Labute approximate surface area is 209 Å². The number of nitrogens with one attached hydrogen (secondary N) is 1. The Morgan fingerprint density at radius 2 is 1.91 bits per heavy atom. The van der Waals surface area contributed by atoms with E-state index in [2.05, 4.69) is 22.4 Å². The number of amides is 2. The van der Waals surface area contributed by atoms with Gasteiger partial charge in [-0.05, 0) is 49.1 Å². The van der Waals surface area contributed by atoms with E-state index in [0.29, 0.717) is 37.5 Å². The van der Waals surface area contributed by atoms with Crippen LogP contribution >= 0.6 is 11.8 Å². The van der Waals surface area contributed by atoms with E-state index >= 15 is 0 Å². The fraction of sp³-hybridized carbons (Fsp3) is 0.385. The summed E-state index contributed by atoms with van der Waals surface area (Å²) in [4.78, 5) is 32.9.